The quantitative estimate of drug-likeness (QED) is 0.452. The molecule has 0 bridgehead atoms. The van der Waals surface area contributed by atoms with E-state index in [-0.39, 0.29) is 18.4 Å². The summed E-state index contributed by atoms with van der Waals surface area (Å²) in [6.45, 7) is 8.70. The summed E-state index contributed by atoms with van der Waals surface area (Å²) in [5, 5.41) is 12.2. The van der Waals surface area contributed by atoms with Crippen molar-refractivity contribution in [3.63, 3.8) is 0 Å². The van der Waals surface area contributed by atoms with Gasteiger partial charge in [-0.15, -0.1) is 0 Å². The van der Waals surface area contributed by atoms with Crippen LogP contribution in [0, 0.1) is 0 Å². The number of carbonyl (C=O) groups excluding carboxylic acids is 1. The fourth-order valence-electron chi connectivity index (χ4n) is 2.48. The molecule has 0 fully saturated rings. The molecule has 0 spiro atoms. The van der Waals surface area contributed by atoms with Crippen molar-refractivity contribution in [1.82, 2.24) is 10.2 Å². The Hall–Kier alpha value is -1.10. The second-order valence-corrected chi connectivity index (χ2v) is 6.18. The van der Waals surface area contributed by atoms with Gasteiger partial charge in [-0.3, -0.25) is 9.59 Å². The van der Waals surface area contributed by atoms with E-state index >= 15 is 0 Å². The lowest BCUT2D eigenvalue weighted by atomic mass is 10.1. The largest absolute Gasteiger partial charge is 0.481 e. The summed E-state index contributed by atoms with van der Waals surface area (Å²) in [7, 11) is 0. The van der Waals surface area contributed by atoms with Gasteiger partial charge >= 0.3 is 5.97 Å². The van der Waals surface area contributed by atoms with Crippen LogP contribution in [-0.2, 0) is 9.59 Å². The first-order valence-corrected chi connectivity index (χ1v) is 9.30. The van der Waals surface area contributed by atoms with E-state index in [0.29, 0.717) is 6.42 Å². The number of carboxylic acid groups (broad SMARTS) is 1. The number of hydrogen-bond acceptors (Lipinski definition) is 3. The molecule has 136 valence electrons. The molecule has 0 saturated heterocycles. The van der Waals surface area contributed by atoms with Crippen LogP contribution in [0.1, 0.15) is 78.6 Å². The van der Waals surface area contributed by atoms with E-state index in [1.165, 1.54) is 0 Å². The topological polar surface area (TPSA) is 69.6 Å². The molecule has 0 aromatic rings. The highest BCUT2D eigenvalue weighted by Gasteiger charge is 2.23. The SMILES string of the molecule is CCCCCNC(CCC(=O)O)C(=O)N(CCCC)CCCC. The van der Waals surface area contributed by atoms with Crippen molar-refractivity contribution in [2.24, 2.45) is 0 Å². The van der Waals surface area contributed by atoms with Crippen LogP contribution in [0.15, 0.2) is 0 Å². The smallest absolute Gasteiger partial charge is 0.303 e. The highest BCUT2D eigenvalue weighted by atomic mass is 16.4. The number of aliphatic carboxylic acids is 1. The molecule has 1 unspecified atom stereocenters. The molecular formula is C18H36N2O3. The van der Waals surface area contributed by atoms with Gasteiger partial charge in [-0.2, -0.15) is 0 Å². The van der Waals surface area contributed by atoms with Gasteiger partial charge in [-0.1, -0.05) is 46.5 Å². The second-order valence-electron chi connectivity index (χ2n) is 6.18. The molecule has 0 rings (SSSR count). The predicted molar refractivity (Wildman–Crippen MR) is 94.6 cm³/mol. The maximum Gasteiger partial charge on any atom is 0.303 e. The molecule has 0 radical (unpaired) electrons. The zero-order chi connectivity index (χ0) is 17.5. The van der Waals surface area contributed by atoms with Crippen LogP contribution in [0.3, 0.4) is 0 Å². The Balaban J connectivity index is 4.67. The van der Waals surface area contributed by atoms with E-state index in [1.54, 1.807) is 0 Å². The number of nitrogens with one attached hydrogen (secondary N) is 1. The maximum absolute atomic E-state index is 12.8. The van der Waals surface area contributed by atoms with Gasteiger partial charge in [0.25, 0.3) is 0 Å². The Morgan fingerprint density at radius 3 is 2.00 bits per heavy atom. The molecule has 0 heterocycles. The normalized spacial score (nSPS) is 12.1. The van der Waals surface area contributed by atoms with Crippen LogP contribution in [0.4, 0.5) is 0 Å². The third-order valence-electron chi connectivity index (χ3n) is 3.99. The van der Waals surface area contributed by atoms with Gasteiger partial charge in [-0.05, 0) is 32.2 Å². The van der Waals surface area contributed by atoms with Crippen molar-refractivity contribution in [2.75, 3.05) is 19.6 Å². The first-order valence-electron chi connectivity index (χ1n) is 9.30. The average molecular weight is 328 g/mol. The van der Waals surface area contributed by atoms with E-state index in [4.69, 9.17) is 5.11 Å². The summed E-state index contributed by atoms with van der Waals surface area (Å²) in [6.07, 6.45) is 7.79. The van der Waals surface area contributed by atoms with Gasteiger partial charge in [0.1, 0.15) is 0 Å². The van der Waals surface area contributed by atoms with Gasteiger partial charge in [-0.25, -0.2) is 0 Å². The Labute approximate surface area is 141 Å². The molecule has 5 nitrogen and oxygen atoms in total. The molecule has 23 heavy (non-hydrogen) atoms. The molecule has 0 aliphatic rings. The van der Waals surface area contributed by atoms with Crippen molar-refractivity contribution in [3.8, 4) is 0 Å². The fraction of sp³-hybridized carbons (Fsp3) is 0.889. The van der Waals surface area contributed by atoms with Gasteiger partial charge in [0.15, 0.2) is 0 Å². The van der Waals surface area contributed by atoms with Crippen LogP contribution in [-0.4, -0.2) is 47.6 Å². The molecule has 2 N–H and O–H groups in total. The first kappa shape index (κ1) is 21.9. The average Bonchev–Trinajstić information content (AvgIpc) is 2.53. The zero-order valence-electron chi connectivity index (χ0n) is 15.3. The minimum absolute atomic E-state index is 0.0343. The number of carboxylic acids is 1. The fourth-order valence-corrected chi connectivity index (χ4v) is 2.48. The monoisotopic (exact) mass is 328 g/mol. The maximum atomic E-state index is 12.8. The lowest BCUT2D eigenvalue weighted by Gasteiger charge is -2.28. The Morgan fingerprint density at radius 2 is 1.52 bits per heavy atom. The molecule has 0 aliphatic carbocycles. The summed E-state index contributed by atoms with van der Waals surface area (Å²) in [6, 6.07) is -0.364. The summed E-state index contributed by atoms with van der Waals surface area (Å²) in [4.78, 5) is 25.6. The number of carbonyl (C=O) groups is 2. The highest BCUT2D eigenvalue weighted by molar-refractivity contribution is 5.82. The second kappa shape index (κ2) is 14.5. The van der Waals surface area contributed by atoms with Crippen molar-refractivity contribution in [3.05, 3.63) is 0 Å². The molecule has 0 aliphatic heterocycles. The minimum Gasteiger partial charge on any atom is -0.481 e. The molecular weight excluding hydrogens is 292 g/mol. The minimum atomic E-state index is -0.841. The third kappa shape index (κ3) is 11.1. The number of hydrogen-bond donors (Lipinski definition) is 2. The number of unbranched alkanes of at least 4 members (excludes halogenated alkanes) is 4. The summed E-state index contributed by atoms with van der Waals surface area (Å²) in [5.41, 5.74) is 0. The molecule has 1 amide bonds. The third-order valence-corrected chi connectivity index (χ3v) is 3.99. The van der Waals surface area contributed by atoms with Crippen LogP contribution in [0.25, 0.3) is 0 Å². The van der Waals surface area contributed by atoms with Gasteiger partial charge < -0.3 is 15.3 Å². The van der Waals surface area contributed by atoms with Crippen molar-refractivity contribution in [1.29, 1.82) is 0 Å². The van der Waals surface area contributed by atoms with Crippen LogP contribution < -0.4 is 5.32 Å². The van der Waals surface area contributed by atoms with Gasteiger partial charge in [0, 0.05) is 19.5 Å². The van der Waals surface area contributed by atoms with Gasteiger partial charge in [0.05, 0.1) is 6.04 Å². The molecule has 0 aromatic carbocycles. The Morgan fingerprint density at radius 1 is 0.957 bits per heavy atom. The van der Waals surface area contributed by atoms with E-state index in [9.17, 15) is 9.59 Å². The summed E-state index contributed by atoms with van der Waals surface area (Å²) >= 11 is 0. The first-order chi connectivity index (χ1) is 11.1. The molecule has 0 aromatic heterocycles. The van der Waals surface area contributed by atoms with Gasteiger partial charge in [0.2, 0.25) is 5.91 Å². The van der Waals surface area contributed by atoms with Crippen molar-refractivity contribution >= 4 is 11.9 Å². The van der Waals surface area contributed by atoms with Crippen molar-refractivity contribution < 1.29 is 14.7 Å². The Bertz CT molecular complexity index is 313. The van der Waals surface area contributed by atoms with E-state index in [1.807, 2.05) is 4.90 Å². The molecule has 5 heteroatoms. The summed E-state index contributed by atoms with van der Waals surface area (Å²) in [5.74, 6) is -0.767. The van der Waals surface area contributed by atoms with E-state index < -0.39 is 5.97 Å². The molecule has 1 atom stereocenters. The zero-order valence-corrected chi connectivity index (χ0v) is 15.3. The Kier molecular flexibility index (Phi) is 13.8. The number of amides is 1. The predicted octanol–water partition coefficient (Wildman–Crippen LogP) is 3.43. The number of rotatable bonds is 15. The lowest BCUT2D eigenvalue weighted by Crippen LogP contribution is -2.47. The van der Waals surface area contributed by atoms with E-state index in [0.717, 1.165) is 64.6 Å². The molecule has 0 saturated carbocycles. The lowest BCUT2D eigenvalue weighted by molar-refractivity contribution is -0.138. The van der Waals surface area contributed by atoms with Crippen LogP contribution in [0.5, 0.6) is 0 Å². The summed E-state index contributed by atoms with van der Waals surface area (Å²) < 4.78 is 0. The van der Waals surface area contributed by atoms with Crippen LogP contribution >= 0.6 is 0 Å². The van der Waals surface area contributed by atoms with E-state index in [2.05, 4.69) is 26.1 Å². The number of nitrogens with zero attached hydrogens (tertiary/aromatic N) is 1. The van der Waals surface area contributed by atoms with Crippen molar-refractivity contribution in [2.45, 2.75) is 84.6 Å². The standard InChI is InChI=1S/C18H36N2O3/c1-4-7-10-13-19-16(11-12-17(21)22)18(23)20(14-8-5-2)15-9-6-3/h16,19H,4-15H2,1-3H3,(H,21,22). The van der Waals surface area contributed by atoms with Crippen LogP contribution in [0.2, 0.25) is 0 Å². The highest BCUT2D eigenvalue weighted by Crippen LogP contribution is 2.08.